The number of amides is 3. The average molecular weight is 490 g/mol. The molecule has 2 atom stereocenters. The number of carbonyl (C=O) groups excluding carboxylic acids is 2. The maximum absolute atomic E-state index is 13.5. The SMILES string of the molecule is CCCNC(=O)N(CC(=O)N1CCc2sccc2C1COc1ccc(F)cc1)CC1CCCO1. The van der Waals surface area contributed by atoms with Gasteiger partial charge in [0.2, 0.25) is 5.91 Å². The number of rotatable bonds is 9. The van der Waals surface area contributed by atoms with Gasteiger partial charge in [0, 0.05) is 31.1 Å². The fourth-order valence-electron chi connectivity index (χ4n) is 4.43. The summed E-state index contributed by atoms with van der Waals surface area (Å²) in [4.78, 5) is 31.0. The summed E-state index contributed by atoms with van der Waals surface area (Å²) in [6, 6.07) is 7.41. The standard InChI is InChI=1S/C25H32FN3O4S/c1-2-11-27-25(31)28(15-20-4-3-13-32-20)16-24(30)29-12-9-23-21(10-14-34-23)22(29)17-33-19-7-5-18(26)6-8-19/h5-8,10,14,20,22H,2-4,9,11-13,15-17H2,1H3,(H,27,31). The van der Waals surface area contributed by atoms with Crippen LogP contribution in [0.5, 0.6) is 5.75 Å². The van der Waals surface area contributed by atoms with Crippen LogP contribution >= 0.6 is 11.3 Å². The third-order valence-corrected chi connectivity index (χ3v) is 7.22. The molecule has 184 valence electrons. The van der Waals surface area contributed by atoms with Crippen LogP contribution < -0.4 is 10.1 Å². The fourth-order valence-corrected chi connectivity index (χ4v) is 5.36. The molecule has 9 heteroatoms. The number of thiophene rings is 1. The van der Waals surface area contributed by atoms with Gasteiger partial charge in [-0.25, -0.2) is 9.18 Å². The number of hydrogen-bond acceptors (Lipinski definition) is 5. The van der Waals surface area contributed by atoms with Crippen molar-refractivity contribution in [2.75, 3.05) is 39.4 Å². The lowest BCUT2D eigenvalue weighted by Crippen LogP contribution is -2.51. The van der Waals surface area contributed by atoms with E-state index in [1.54, 1.807) is 28.4 Å². The number of nitrogens with one attached hydrogen (secondary N) is 1. The largest absolute Gasteiger partial charge is 0.491 e. The van der Waals surface area contributed by atoms with Crippen LogP contribution in [0.25, 0.3) is 0 Å². The lowest BCUT2D eigenvalue weighted by molar-refractivity contribution is -0.135. The number of carbonyl (C=O) groups is 2. The van der Waals surface area contributed by atoms with Gasteiger partial charge in [-0.05, 0) is 67.0 Å². The molecule has 0 aliphatic carbocycles. The number of halogens is 1. The Labute approximate surface area is 203 Å². The molecule has 4 rings (SSSR count). The molecule has 7 nitrogen and oxygen atoms in total. The molecule has 34 heavy (non-hydrogen) atoms. The second-order valence-electron chi connectivity index (χ2n) is 8.66. The minimum absolute atomic E-state index is 0.0120. The molecule has 1 fully saturated rings. The maximum atomic E-state index is 13.5. The van der Waals surface area contributed by atoms with E-state index < -0.39 is 0 Å². The van der Waals surface area contributed by atoms with Gasteiger partial charge in [0.15, 0.2) is 0 Å². The molecule has 3 amide bonds. The minimum Gasteiger partial charge on any atom is -0.491 e. The van der Waals surface area contributed by atoms with Crippen molar-refractivity contribution in [1.82, 2.24) is 15.1 Å². The molecule has 2 aliphatic rings. The molecule has 0 spiro atoms. The Morgan fingerprint density at radius 1 is 1.29 bits per heavy atom. The normalized spacial score (nSPS) is 19.5. The van der Waals surface area contributed by atoms with Gasteiger partial charge in [0.05, 0.1) is 12.1 Å². The summed E-state index contributed by atoms with van der Waals surface area (Å²) in [5, 5.41) is 4.93. The number of hydrogen-bond donors (Lipinski definition) is 1. The zero-order valence-corrected chi connectivity index (χ0v) is 20.3. The Kier molecular flexibility index (Phi) is 8.39. The van der Waals surface area contributed by atoms with Crippen LogP contribution in [0.3, 0.4) is 0 Å². The summed E-state index contributed by atoms with van der Waals surface area (Å²) in [5.74, 6) is 0.110. The first kappa shape index (κ1) is 24.5. The van der Waals surface area contributed by atoms with Gasteiger partial charge in [-0.15, -0.1) is 11.3 Å². The van der Waals surface area contributed by atoms with Gasteiger partial charge in [0.25, 0.3) is 0 Å². The van der Waals surface area contributed by atoms with Crippen molar-refractivity contribution in [1.29, 1.82) is 0 Å². The van der Waals surface area contributed by atoms with Gasteiger partial charge in [0.1, 0.15) is 24.7 Å². The lowest BCUT2D eigenvalue weighted by Gasteiger charge is -2.37. The van der Waals surface area contributed by atoms with E-state index in [2.05, 4.69) is 5.32 Å². The number of nitrogens with zero attached hydrogens (tertiary/aromatic N) is 2. The summed E-state index contributed by atoms with van der Waals surface area (Å²) in [5.41, 5.74) is 1.08. The van der Waals surface area contributed by atoms with Gasteiger partial charge in [-0.2, -0.15) is 0 Å². The predicted molar refractivity (Wildman–Crippen MR) is 129 cm³/mol. The summed E-state index contributed by atoms with van der Waals surface area (Å²) >= 11 is 1.68. The Morgan fingerprint density at radius 2 is 2.12 bits per heavy atom. The highest BCUT2D eigenvalue weighted by molar-refractivity contribution is 7.10. The molecule has 2 unspecified atom stereocenters. The van der Waals surface area contributed by atoms with Gasteiger partial charge in [-0.3, -0.25) is 4.79 Å². The van der Waals surface area contributed by atoms with Crippen LogP contribution in [0.1, 0.15) is 42.7 Å². The molecular weight excluding hydrogens is 457 g/mol. The van der Waals surface area contributed by atoms with E-state index in [9.17, 15) is 14.0 Å². The highest BCUT2D eigenvalue weighted by Crippen LogP contribution is 2.34. The van der Waals surface area contributed by atoms with E-state index in [1.165, 1.54) is 17.0 Å². The summed E-state index contributed by atoms with van der Waals surface area (Å²) in [6.45, 7) is 4.46. The van der Waals surface area contributed by atoms with Crippen LogP contribution in [-0.4, -0.2) is 67.2 Å². The Bertz CT molecular complexity index is 961. The third kappa shape index (κ3) is 6.07. The predicted octanol–water partition coefficient (Wildman–Crippen LogP) is 3.99. The molecule has 2 aromatic rings. The van der Waals surface area contributed by atoms with Crippen molar-refractivity contribution >= 4 is 23.3 Å². The van der Waals surface area contributed by atoms with Crippen LogP contribution in [0.15, 0.2) is 35.7 Å². The van der Waals surface area contributed by atoms with Crippen LogP contribution in [0.2, 0.25) is 0 Å². The molecule has 0 saturated carbocycles. The van der Waals surface area contributed by atoms with E-state index in [0.29, 0.717) is 32.0 Å². The highest BCUT2D eigenvalue weighted by atomic mass is 32.1. The van der Waals surface area contributed by atoms with E-state index in [4.69, 9.17) is 9.47 Å². The second kappa shape index (κ2) is 11.7. The fraction of sp³-hybridized carbons (Fsp3) is 0.520. The number of benzene rings is 1. The molecule has 2 aliphatic heterocycles. The van der Waals surface area contributed by atoms with E-state index in [-0.39, 0.29) is 43.1 Å². The number of ether oxygens (including phenoxy) is 2. The molecule has 1 N–H and O–H groups in total. The van der Waals surface area contributed by atoms with Gasteiger partial charge >= 0.3 is 6.03 Å². The van der Waals surface area contributed by atoms with Crippen LogP contribution in [-0.2, 0) is 16.0 Å². The average Bonchev–Trinajstić information content (AvgIpc) is 3.53. The molecule has 0 radical (unpaired) electrons. The zero-order chi connectivity index (χ0) is 23.9. The quantitative estimate of drug-likeness (QED) is 0.578. The first-order chi connectivity index (χ1) is 16.5. The van der Waals surface area contributed by atoms with Crippen molar-refractivity contribution < 1.29 is 23.5 Å². The smallest absolute Gasteiger partial charge is 0.317 e. The van der Waals surface area contributed by atoms with Crippen molar-refractivity contribution in [2.24, 2.45) is 0 Å². The number of fused-ring (bicyclic) bond motifs is 1. The molecule has 1 saturated heterocycles. The molecule has 3 heterocycles. The summed E-state index contributed by atoms with van der Waals surface area (Å²) in [7, 11) is 0. The van der Waals surface area contributed by atoms with Crippen LogP contribution in [0.4, 0.5) is 9.18 Å². The molecule has 0 bridgehead atoms. The second-order valence-corrected chi connectivity index (χ2v) is 9.67. The third-order valence-electron chi connectivity index (χ3n) is 6.22. The summed E-state index contributed by atoms with van der Waals surface area (Å²) in [6.07, 6.45) is 3.42. The topological polar surface area (TPSA) is 71.1 Å². The number of urea groups is 1. The first-order valence-corrected chi connectivity index (χ1v) is 12.8. The van der Waals surface area contributed by atoms with Crippen molar-refractivity contribution in [3.8, 4) is 5.75 Å². The summed E-state index contributed by atoms with van der Waals surface area (Å²) < 4.78 is 24.9. The van der Waals surface area contributed by atoms with E-state index in [0.717, 1.165) is 31.2 Å². The minimum atomic E-state index is -0.324. The molecular formula is C25H32FN3O4S. The monoisotopic (exact) mass is 489 g/mol. The van der Waals surface area contributed by atoms with Crippen LogP contribution in [0, 0.1) is 5.82 Å². The van der Waals surface area contributed by atoms with E-state index >= 15 is 0 Å². The maximum Gasteiger partial charge on any atom is 0.317 e. The highest BCUT2D eigenvalue weighted by Gasteiger charge is 2.34. The van der Waals surface area contributed by atoms with Gasteiger partial charge < -0.3 is 24.6 Å². The molecule has 1 aromatic carbocycles. The lowest BCUT2D eigenvalue weighted by atomic mass is 10.0. The zero-order valence-electron chi connectivity index (χ0n) is 19.5. The van der Waals surface area contributed by atoms with Crippen molar-refractivity contribution in [3.05, 3.63) is 52.0 Å². The Morgan fingerprint density at radius 3 is 2.85 bits per heavy atom. The Balaban J connectivity index is 1.47. The van der Waals surface area contributed by atoms with Crippen molar-refractivity contribution in [3.63, 3.8) is 0 Å². The van der Waals surface area contributed by atoms with Gasteiger partial charge in [-0.1, -0.05) is 6.92 Å². The molecule has 1 aromatic heterocycles. The first-order valence-electron chi connectivity index (χ1n) is 11.9. The van der Waals surface area contributed by atoms with E-state index in [1.807, 2.05) is 23.3 Å². The Hall–Kier alpha value is -2.65. The van der Waals surface area contributed by atoms with Crippen molar-refractivity contribution in [2.45, 2.75) is 44.8 Å².